The molecule has 0 saturated carbocycles. The van der Waals surface area contributed by atoms with E-state index in [4.69, 9.17) is 13.9 Å². The summed E-state index contributed by atoms with van der Waals surface area (Å²) in [6.45, 7) is 4.87. The summed E-state index contributed by atoms with van der Waals surface area (Å²) in [5.41, 5.74) is 4.23. The Hall–Kier alpha value is -6.20. The smallest absolute Gasteiger partial charge is 0.291 e. The Kier molecular flexibility index (Phi) is 10.9. The van der Waals surface area contributed by atoms with Crippen LogP contribution in [0.15, 0.2) is 119 Å². The number of anilines is 2. The fourth-order valence-electron chi connectivity index (χ4n) is 5.88. The van der Waals surface area contributed by atoms with Crippen LogP contribution >= 0.6 is 0 Å². The van der Waals surface area contributed by atoms with Crippen LogP contribution in [0.2, 0.25) is 0 Å². The summed E-state index contributed by atoms with van der Waals surface area (Å²) in [6, 6.07) is 27.0. The minimum Gasteiger partial charge on any atom is -0.493 e. The van der Waals surface area contributed by atoms with Crippen LogP contribution in [-0.2, 0) is 13.0 Å². The lowest BCUT2D eigenvalue weighted by Crippen LogP contribution is -2.26. The number of imidazole rings is 1. The van der Waals surface area contributed by atoms with Gasteiger partial charge in [0.1, 0.15) is 5.58 Å². The first-order valence-electron chi connectivity index (χ1n) is 16.7. The second-order valence-corrected chi connectivity index (χ2v) is 12.0. The van der Waals surface area contributed by atoms with E-state index in [1.165, 1.54) is 31.9 Å². The van der Waals surface area contributed by atoms with E-state index in [1.807, 2.05) is 35.0 Å². The number of amides is 2. The zero-order valence-corrected chi connectivity index (χ0v) is 28.7. The number of nitrogens with one attached hydrogen (secondary N) is 2. The first-order chi connectivity index (χ1) is 24.8. The van der Waals surface area contributed by atoms with Gasteiger partial charge in [0.2, 0.25) is 0 Å². The lowest BCUT2D eigenvalue weighted by Gasteiger charge is -2.22. The zero-order chi connectivity index (χ0) is 35.7. The van der Waals surface area contributed by atoms with Crippen molar-refractivity contribution in [3.8, 4) is 17.2 Å². The maximum atomic E-state index is 13.7. The van der Waals surface area contributed by atoms with Crippen molar-refractivity contribution in [1.82, 2.24) is 14.5 Å². The molecule has 0 bridgehead atoms. The number of rotatable bonds is 14. The topological polar surface area (TPSA) is 128 Å². The SMILES string of the molecule is CCCN(CCc1ccc(NC(=O)c2cc(OC)c(OC)cc2NC(=O)c2cc(=O)c3ccccc3o2)cc1)Cc1cccc(-n2ccnc2)c1. The predicted molar refractivity (Wildman–Crippen MR) is 197 cm³/mol. The average Bonchev–Trinajstić information content (AvgIpc) is 3.70. The Morgan fingerprint density at radius 1 is 0.843 bits per heavy atom. The molecule has 2 amide bonds. The number of para-hydroxylation sites is 1. The van der Waals surface area contributed by atoms with Crippen molar-refractivity contribution in [1.29, 1.82) is 0 Å². The van der Waals surface area contributed by atoms with E-state index in [0.717, 1.165) is 49.8 Å². The minimum absolute atomic E-state index is 0.125. The maximum Gasteiger partial charge on any atom is 0.291 e. The highest BCUT2D eigenvalue weighted by Gasteiger charge is 2.21. The summed E-state index contributed by atoms with van der Waals surface area (Å²) in [6.07, 6.45) is 7.40. The van der Waals surface area contributed by atoms with Crippen molar-refractivity contribution in [2.24, 2.45) is 0 Å². The van der Waals surface area contributed by atoms with E-state index < -0.39 is 11.8 Å². The Balaban J connectivity index is 1.14. The molecule has 0 saturated heterocycles. The Labute approximate surface area is 295 Å². The first-order valence-corrected chi connectivity index (χ1v) is 16.7. The van der Waals surface area contributed by atoms with Gasteiger partial charge in [-0.2, -0.15) is 0 Å². The quantitative estimate of drug-likeness (QED) is 0.126. The summed E-state index contributed by atoms with van der Waals surface area (Å²) < 4.78 is 18.6. The highest BCUT2D eigenvalue weighted by molar-refractivity contribution is 6.12. The van der Waals surface area contributed by atoms with Crippen LogP contribution < -0.4 is 25.5 Å². The molecule has 0 unspecified atom stereocenters. The zero-order valence-electron chi connectivity index (χ0n) is 28.7. The first kappa shape index (κ1) is 34.7. The summed E-state index contributed by atoms with van der Waals surface area (Å²) in [5.74, 6) is -0.775. The molecule has 0 fully saturated rings. The number of hydrogen-bond acceptors (Lipinski definition) is 8. The van der Waals surface area contributed by atoms with Crippen molar-refractivity contribution in [2.75, 3.05) is 37.9 Å². The molecule has 2 aromatic heterocycles. The van der Waals surface area contributed by atoms with Crippen molar-refractivity contribution in [3.05, 3.63) is 142 Å². The molecule has 2 N–H and O–H groups in total. The van der Waals surface area contributed by atoms with Gasteiger partial charge in [-0.25, -0.2) is 4.98 Å². The molecule has 2 heterocycles. The summed E-state index contributed by atoms with van der Waals surface area (Å²) in [7, 11) is 2.91. The number of carbonyl (C=O) groups excluding carboxylic acids is 2. The second-order valence-electron chi connectivity index (χ2n) is 12.0. The Morgan fingerprint density at radius 2 is 1.63 bits per heavy atom. The van der Waals surface area contributed by atoms with Gasteiger partial charge < -0.3 is 29.1 Å². The number of hydrogen-bond donors (Lipinski definition) is 2. The second kappa shape index (κ2) is 16.0. The molecule has 0 aliphatic carbocycles. The third-order valence-corrected chi connectivity index (χ3v) is 8.46. The van der Waals surface area contributed by atoms with Crippen LogP contribution in [0.25, 0.3) is 16.7 Å². The lowest BCUT2D eigenvalue weighted by atomic mass is 10.1. The molecule has 6 aromatic rings. The van der Waals surface area contributed by atoms with E-state index in [2.05, 4.69) is 51.7 Å². The van der Waals surface area contributed by atoms with Gasteiger partial charge in [0.25, 0.3) is 11.8 Å². The molecule has 51 heavy (non-hydrogen) atoms. The van der Waals surface area contributed by atoms with E-state index in [-0.39, 0.29) is 28.0 Å². The van der Waals surface area contributed by atoms with Crippen molar-refractivity contribution >= 4 is 34.2 Å². The van der Waals surface area contributed by atoms with E-state index in [0.29, 0.717) is 22.6 Å². The molecule has 4 aromatic carbocycles. The summed E-state index contributed by atoms with van der Waals surface area (Å²) in [5, 5.41) is 5.99. The monoisotopic (exact) mass is 685 g/mol. The minimum atomic E-state index is -0.702. The van der Waals surface area contributed by atoms with Gasteiger partial charge in [-0.15, -0.1) is 0 Å². The molecule has 260 valence electrons. The largest absolute Gasteiger partial charge is 0.493 e. The van der Waals surface area contributed by atoms with Gasteiger partial charge in [0.05, 0.1) is 37.2 Å². The Morgan fingerprint density at radius 3 is 2.37 bits per heavy atom. The number of ether oxygens (including phenoxy) is 2. The Bertz CT molecular complexity index is 2190. The number of carbonyl (C=O) groups is 2. The van der Waals surface area contributed by atoms with Crippen LogP contribution in [0.1, 0.15) is 45.4 Å². The molecule has 11 heteroatoms. The van der Waals surface area contributed by atoms with Crippen LogP contribution in [0.4, 0.5) is 11.4 Å². The summed E-state index contributed by atoms with van der Waals surface area (Å²) >= 11 is 0. The molecular weight excluding hydrogens is 646 g/mol. The maximum absolute atomic E-state index is 13.7. The van der Waals surface area contributed by atoms with E-state index >= 15 is 0 Å². The van der Waals surface area contributed by atoms with Crippen molar-refractivity contribution in [2.45, 2.75) is 26.3 Å². The molecule has 6 rings (SSSR count). The number of methoxy groups -OCH3 is 2. The van der Waals surface area contributed by atoms with E-state index in [1.54, 1.807) is 36.8 Å². The van der Waals surface area contributed by atoms with Gasteiger partial charge in [0.15, 0.2) is 22.7 Å². The molecule has 11 nitrogen and oxygen atoms in total. The molecule has 0 spiro atoms. The standard InChI is InChI=1S/C40H39N5O6/c1-4-18-44(25-28-8-7-9-30(21-28)45-20-17-41-26-45)19-16-27-12-14-29(15-13-27)42-39(47)32-22-36(49-2)37(50-3)23-33(32)43-40(48)38-24-34(46)31-10-5-6-11-35(31)51-38/h5-15,17,20-24,26H,4,16,18-19,25H2,1-3H3,(H,42,47)(H,43,48). The highest BCUT2D eigenvalue weighted by atomic mass is 16.5. The van der Waals surface area contributed by atoms with Crippen LogP contribution in [0, 0.1) is 0 Å². The van der Waals surface area contributed by atoms with Gasteiger partial charge in [0, 0.05) is 49.0 Å². The molecular formula is C40H39N5O6. The van der Waals surface area contributed by atoms with Gasteiger partial charge in [-0.3, -0.25) is 19.3 Å². The predicted octanol–water partition coefficient (Wildman–Crippen LogP) is 6.96. The van der Waals surface area contributed by atoms with Crippen molar-refractivity contribution < 1.29 is 23.5 Å². The summed E-state index contributed by atoms with van der Waals surface area (Å²) in [4.78, 5) is 46.2. The van der Waals surface area contributed by atoms with Crippen LogP contribution in [-0.4, -0.2) is 53.6 Å². The van der Waals surface area contributed by atoms with Gasteiger partial charge >= 0.3 is 0 Å². The lowest BCUT2D eigenvalue weighted by molar-refractivity contribution is 0.0997. The number of fused-ring (bicyclic) bond motifs is 1. The highest BCUT2D eigenvalue weighted by Crippen LogP contribution is 2.34. The normalized spacial score (nSPS) is 11.1. The molecule has 0 radical (unpaired) electrons. The van der Waals surface area contributed by atoms with Crippen molar-refractivity contribution in [3.63, 3.8) is 0 Å². The third-order valence-electron chi connectivity index (χ3n) is 8.46. The number of aromatic nitrogens is 2. The third kappa shape index (κ3) is 8.34. The number of nitrogens with zero attached hydrogens (tertiary/aromatic N) is 3. The molecule has 0 atom stereocenters. The van der Waals surface area contributed by atoms with Gasteiger partial charge in [-0.05, 0) is 73.0 Å². The van der Waals surface area contributed by atoms with Crippen LogP contribution in [0.3, 0.4) is 0 Å². The van der Waals surface area contributed by atoms with E-state index in [9.17, 15) is 14.4 Å². The average molecular weight is 686 g/mol. The fraction of sp³-hybridized carbons (Fsp3) is 0.200. The fourth-order valence-corrected chi connectivity index (χ4v) is 5.88. The number of benzene rings is 4. The van der Waals surface area contributed by atoms with Gasteiger partial charge in [-0.1, -0.05) is 43.3 Å². The molecule has 0 aliphatic heterocycles. The molecule has 0 aliphatic rings. The van der Waals surface area contributed by atoms with Crippen LogP contribution in [0.5, 0.6) is 11.5 Å².